The number of hydrogen-bond donors (Lipinski definition) is 0. The summed E-state index contributed by atoms with van der Waals surface area (Å²) < 4.78 is 0. The van der Waals surface area contributed by atoms with Crippen LogP contribution in [0, 0.1) is 11.3 Å². The maximum atomic E-state index is 9.32. The second-order valence-electron chi connectivity index (χ2n) is 16.7. The lowest BCUT2D eigenvalue weighted by atomic mass is 9.88. The van der Waals surface area contributed by atoms with Crippen LogP contribution in [0.25, 0.3) is 122 Å². The third-order valence-corrected chi connectivity index (χ3v) is 12.8. The van der Waals surface area contributed by atoms with Crippen molar-refractivity contribution in [2.45, 2.75) is 0 Å². The molecule has 4 heteroatoms. The number of rotatable bonds is 7. The summed E-state index contributed by atoms with van der Waals surface area (Å²) in [5, 5.41) is 19.3. The topological polar surface area (TPSA) is 62.5 Å². The second kappa shape index (κ2) is 16.3. The fourth-order valence-electron chi connectivity index (χ4n) is 9.47. The molecule has 0 spiro atoms. The van der Waals surface area contributed by atoms with Crippen molar-refractivity contribution in [2.75, 3.05) is 0 Å². The average Bonchev–Trinajstić information content (AvgIpc) is 3.40. The minimum Gasteiger partial charge on any atom is -0.208 e. The van der Waals surface area contributed by atoms with Crippen molar-refractivity contribution in [3.05, 3.63) is 236 Å². The van der Waals surface area contributed by atoms with Gasteiger partial charge >= 0.3 is 0 Å². The van der Waals surface area contributed by atoms with E-state index in [1.54, 1.807) is 0 Å². The number of nitrogens with zero attached hydrogens (tertiary/aromatic N) is 4. The summed E-state index contributed by atoms with van der Waals surface area (Å²) in [5.74, 6) is 1.80. The molecule has 0 saturated carbocycles. The highest BCUT2D eigenvalue weighted by atomic mass is 15.0. The fourth-order valence-corrected chi connectivity index (χ4v) is 9.47. The number of hydrogen-bond acceptors (Lipinski definition) is 4. The SMILES string of the molecule is N#Cc1ccc(-c2cccc(-c3nc(-c4ccccc4)nc(-c4ccc(-c5ccc(-c6ccc(-c7c8ccccc8cc8c7ccc7ccccc78)cc6)c6ccccc56)cc4)n3)c2)cc1. The lowest BCUT2D eigenvalue weighted by Gasteiger charge is -2.15. The Kier molecular flexibility index (Phi) is 9.51. The Morgan fingerprint density at radius 1 is 0.273 bits per heavy atom. The molecule has 0 atom stereocenters. The molecule has 0 fully saturated rings. The molecule has 306 valence electrons. The molecule has 0 aliphatic carbocycles. The third kappa shape index (κ3) is 6.93. The van der Waals surface area contributed by atoms with Gasteiger partial charge in [-0.05, 0) is 112 Å². The van der Waals surface area contributed by atoms with Gasteiger partial charge in [-0.25, -0.2) is 15.0 Å². The molecule has 0 unspecified atom stereocenters. The van der Waals surface area contributed by atoms with Crippen molar-refractivity contribution in [1.82, 2.24) is 15.0 Å². The zero-order valence-electron chi connectivity index (χ0n) is 35.7. The Morgan fingerprint density at radius 2 is 0.758 bits per heavy atom. The number of benzene rings is 11. The largest absolute Gasteiger partial charge is 0.208 e. The summed E-state index contributed by atoms with van der Waals surface area (Å²) in [5.41, 5.74) is 12.5. The predicted octanol–water partition coefficient (Wildman–Crippen LogP) is 16.0. The Hall–Kier alpha value is -9.04. The monoisotopic (exact) mass is 838 g/mol. The first-order valence-electron chi connectivity index (χ1n) is 22.1. The molecule has 11 aromatic carbocycles. The average molecular weight is 839 g/mol. The van der Waals surface area contributed by atoms with Crippen LogP contribution in [0.4, 0.5) is 0 Å². The molecule has 12 aromatic rings. The first-order chi connectivity index (χ1) is 32.6. The van der Waals surface area contributed by atoms with E-state index < -0.39 is 0 Å². The molecule has 0 aliphatic rings. The van der Waals surface area contributed by atoms with Crippen molar-refractivity contribution in [1.29, 1.82) is 5.26 Å². The first kappa shape index (κ1) is 38.6. The summed E-state index contributed by atoms with van der Waals surface area (Å²) in [6.45, 7) is 0. The zero-order chi connectivity index (χ0) is 44.0. The highest BCUT2D eigenvalue weighted by Crippen LogP contribution is 2.42. The lowest BCUT2D eigenvalue weighted by Crippen LogP contribution is -2.00. The molecule has 0 aliphatic heterocycles. The van der Waals surface area contributed by atoms with E-state index in [0.29, 0.717) is 23.0 Å². The van der Waals surface area contributed by atoms with Crippen LogP contribution in [0.5, 0.6) is 0 Å². The molecule has 0 amide bonds. The van der Waals surface area contributed by atoms with Crippen LogP contribution in [0.15, 0.2) is 231 Å². The van der Waals surface area contributed by atoms with Gasteiger partial charge in [0.15, 0.2) is 17.5 Å². The van der Waals surface area contributed by atoms with E-state index in [9.17, 15) is 5.26 Å². The molecular weight excluding hydrogens is 801 g/mol. The van der Waals surface area contributed by atoms with Crippen LogP contribution < -0.4 is 0 Å². The Morgan fingerprint density at radius 3 is 1.41 bits per heavy atom. The third-order valence-electron chi connectivity index (χ3n) is 12.8. The van der Waals surface area contributed by atoms with Gasteiger partial charge in [0.05, 0.1) is 11.6 Å². The van der Waals surface area contributed by atoms with Gasteiger partial charge in [-0.3, -0.25) is 0 Å². The van der Waals surface area contributed by atoms with Crippen LogP contribution >= 0.6 is 0 Å². The van der Waals surface area contributed by atoms with Gasteiger partial charge in [-0.2, -0.15) is 5.26 Å². The molecule has 1 heterocycles. The van der Waals surface area contributed by atoms with Crippen LogP contribution in [-0.2, 0) is 0 Å². The highest BCUT2D eigenvalue weighted by Gasteiger charge is 2.16. The van der Waals surface area contributed by atoms with E-state index >= 15 is 0 Å². The fraction of sp³-hybridized carbons (Fsp3) is 0. The van der Waals surface area contributed by atoms with Gasteiger partial charge in [-0.1, -0.05) is 206 Å². The Balaban J connectivity index is 0.894. The summed E-state index contributed by atoms with van der Waals surface area (Å²) in [6.07, 6.45) is 0. The molecule has 0 radical (unpaired) electrons. The molecule has 0 N–H and O–H groups in total. The molecule has 66 heavy (non-hydrogen) atoms. The van der Waals surface area contributed by atoms with E-state index in [1.807, 2.05) is 66.7 Å². The van der Waals surface area contributed by atoms with Gasteiger partial charge in [-0.15, -0.1) is 0 Å². The van der Waals surface area contributed by atoms with Crippen LogP contribution in [0.3, 0.4) is 0 Å². The maximum absolute atomic E-state index is 9.32. The van der Waals surface area contributed by atoms with Crippen molar-refractivity contribution >= 4 is 43.1 Å². The zero-order valence-corrected chi connectivity index (χ0v) is 35.7. The number of fused-ring (bicyclic) bond motifs is 5. The van der Waals surface area contributed by atoms with Crippen molar-refractivity contribution < 1.29 is 0 Å². The van der Waals surface area contributed by atoms with E-state index in [0.717, 1.165) is 38.9 Å². The summed E-state index contributed by atoms with van der Waals surface area (Å²) in [4.78, 5) is 15.1. The molecule has 1 aromatic heterocycles. The summed E-state index contributed by atoms with van der Waals surface area (Å²) in [7, 11) is 0. The minimum absolute atomic E-state index is 0.590. The van der Waals surface area contributed by atoms with Crippen molar-refractivity contribution in [3.63, 3.8) is 0 Å². The molecule has 4 nitrogen and oxygen atoms in total. The quantitative estimate of drug-likeness (QED) is 0.118. The Bertz CT molecular complexity index is 3850. The molecular formula is C62H38N4. The van der Waals surface area contributed by atoms with E-state index in [-0.39, 0.29) is 0 Å². The Labute approximate surface area is 382 Å². The number of nitriles is 1. The number of aromatic nitrogens is 3. The highest BCUT2D eigenvalue weighted by molar-refractivity contribution is 6.20. The molecule has 0 saturated heterocycles. The van der Waals surface area contributed by atoms with Gasteiger partial charge < -0.3 is 0 Å². The van der Waals surface area contributed by atoms with Crippen LogP contribution in [0.1, 0.15) is 5.56 Å². The van der Waals surface area contributed by atoms with Crippen molar-refractivity contribution in [2.24, 2.45) is 0 Å². The standard InChI is InChI=1S/C62H38N4/c63-39-40-21-23-41(24-22-40)48-15-10-16-50(37-48)62-65-60(46-12-2-1-3-13-46)64-61(66-62)47-31-27-44(28-32-47)53-36-35-52(55-19-8-9-20-56(53)55)43-25-29-45(30-26-43)59-54-18-7-5-14-49(54)38-58-51-17-6-4-11-42(51)33-34-57(58)59/h1-38H. The summed E-state index contributed by atoms with van der Waals surface area (Å²) in [6, 6.07) is 83.2. The first-order valence-corrected chi connectivity index (χ1v) is 22.1. The second-order valence-corrected chi connectivity index (χ2v) is 16.7. The minimum atomic E-state index is 0.590. The van der Waals surface area contributed by atoms with Gasteiger partial charge in [0.2, 0.25) is 0 Å². The van der Waals surface area contributed by atoms with E-state index in [1.165, 1.54) is 65.3 Å². The maximum Gasteiger partial charge on any atom is 0.164 e. The van der Waals surface area contributed by atoms with E-state index in [2.05, 4.69) is 170 Å². The van der Waals surface area contributed by atoms with Gasteiger partial charge in [0.25, 0.3) is 0 Å². The van der Waals surface area contributed by atoms with Crippen LogP contribution in [0.2, 0.25) is 0 Å². The molecule has 0 bridgehead atoms. The smallest absolute Gasteiger partial charge is 0.164 e. The normalized spacial score (nSPS) is 11.3. The van der Waals surface area contributed by atoms with Crippen molar-refractivity contribution in [3.8, 4) is 84.7 Å². The lowest BCUT2D eigenvalue weighted by molar-refractivity contribution is 1.07. The van der Waals surface area contributed by atoms with E-state index in [4.69, 9.17) is 15.0 Å². The molecule has 12 rings (SSSR count). The van der Waals surface area contributed by atoms with Gasteiger partial charge in [0, 0.05) is 16.7 Å². The van der Waals surface area contributed by atoms with Gasteiger partial charge in [0.1, 0.15) is 0 Å². The predicted molar refractivity (Wildman–Crippen MR) is 273 cm³/mol. The summed E-state index contributed by atoms with van der Waals surface area (Å²) >= 11 is 0. The van der Waals surface area contributed by atoms with Crippen LogP contribution in [-0.4, -0.2) is 15.0 Å².